The van der Waals surface area contributed by atoms with Crippen LogP contribution in [0.4, 0.5) is 11.6 Å². The van der Waals surface area contributed by atoms with Gasteiger partial charge in [0.1, 0.15) is 16.8 Å². The number of pyridine rings is 1. The normalized spacial score (nSPS) is 9.79. The van der Waals surface area contributed by atoms with E-state index in [4.69, 9.17) is 49.0 Å². The molecule has 0 bridgehead atoms. The number of methoxy groups -OCH3 is 3. The minimum Gasteiger partial charge on any atom is -0.493 e. The molecule has 148 valence electrons. The second-order valence-corrected chi connectivity index (χ2v) is 5.80. The predicted molar refractivity (Wildman–Crippen MR) is 106 cm³/mol. The van der Waals surface area contributed by atoms with E-state index in [2.05, 4.69) is 30.2 Å². The fraction of sp³-hybridized carbons (Fsp3) is 0.188. The average Bonchev–Trinajstić information content (AvgIpc) is 2.67. The zero-order valence-corrected chi connectivity index (χ0v) is 17.2. The van der Waals surface area contributed by atoms with Gasteiger partial charge in [-0.25, -0.2) is 19.9 Å². The lowest BCUT2D eigenvalue weighted by Crippen LogP contribution is -2.02. The summed E-state index contributed by atoms with van der Waals surface area (Å²) in [5, 5.41) is 3.67. The third-order valence-electron chi connectivity index (χ3n) is 3.00. The Balaban J connectivity index is 0.000000292. The minimum absolute atomic E-state index is 0.141. The number of anilines is 2. The number of hydrogen-bond acceptors (Lipinski definition) is 9. The maximum atomic E-state index is 5.72. The van der Waals surface area contributed by atoms with Crippen molar-refractivity contribution in [2.75, 3.05) is 26.6 Å². The van der Waals surface area contributed by atoms with Gasteiger partial charge in [0.05, 0.1) is 21.3 Å². The summed E-state index contributed by atoms with van der Waals surface area (Å²) in [7, 11) is 4.54. The summed E-state index contributed by atoms with van der Waals surface area (Å²) in [5.41, 5.74) is 0. The Morgan fingerprint density at radius 2 is 1.46 bits per heavy atom. The van der Waals surface area contributed by atoms with E-state index in [-0.39, 0.29) is 10.6 Å². The number of rotatable bonds is 5. The number of halogens is 3. The molecule has 0 unspecified atom stereocenters. The maximum Gasteiger partial charge on any atom is 0.262 e. The molecule has 9 nitrogen and oxygen atoms in total. The highest BCUT2D eigenvalue weighted by atomic mass is 35.5. The Hall–Kier alpha value is -2.62. The molecular formula is C16H15Cl3N6O3. The van der Waals surface area contributed by atoms with E-state index in [1.54, 1.807) is 18.2 Å². The summed E-state index contributed by atoms with van der Waals surface area (Å²) in [6.45, 7) is 0. The summed E-state index contributed by atoms with van der Waals surface area (Å²) in [4.78, 5) is 19.3. The monoisotopic (exact) mass is 444 g/mol. The van der Waals surface area contributed by atoms with E-state index in [1.165, 1.54) is 33.7 Å². The fourth-order valence-electron chi connectivity index (χ4n) is 1.88. The molecule has 3 aromatic heterocycles. The summed E-state index contributed by atoms with van der Waals surface area (Å²) < 4.78 is 15.6. The molecule has 0 fully saturated rings. The number of nitrogens with zero attached hydrogens (tertiary/aromatic N) is 5. The minimum atomic E-state index is 0.141. The van der Waals surface area contributed by atoms with Gasteiger partial charge in [-0.05, 0) is 35.3 Å². The van der Waals surface area contributed by atoms with Crippen LogP contribution in [0.2, 0.25) is 15.7 Å². The van der Waals surface area contributed by atoms with Crippen molar-refractivity contribution in [3.8, 4) is 17.4 Å². The molecule has 0 aromatic carbocycles. The fourth-order valence-corrected chi connectivity index (χ4v) is 2.35. The first-order valence-corrected chi connectivity index (χ1v) is 8.66. The van der Waals surface area contributed by atoms with Gasteiger partial charge in [0.25, 0.3) is 5.88 Å². The van der Waals surface area contributed by atoms with Crippen LogP contribution in [-0.2, 0) is 0 Å². The molecule has 0 aliphatic rings. The first kappa shape index (κ1) is 21.7. The van der Waals surface area contributed by atoms with Crippen LogP contribution < -0.4 is 19.5 Å². The number of ether oxygens (including phenoxy) is 3. The molecule has 1 N–H and O–H groups in total. The molecule has 0 saturated heterocycles. The van der Waals surface area contributed by atoms with Gasteiger partial charge in [0.15, 0.2) is 5.75 Å². The highest BCUT2D eigenvalue weighted by molar-refractivity contribution is 6.31. The predicted octanol–water partition coefficient (Wildman–Crippen LogP) is 4.08. The molecule has 0 radical (unpaired) electrons. The van der Waals surface area contributed by atoms with Crippen molar-refractivity contribution in [3.05, 3.63) is 46.3 Å². The lowest BCUT2D eigenvalue weighted by Gasteiger charge is -2.13. The van der Waals surface area contributed by atoms with Gasteiger partial charge in [-0.3, -0.25) is 0 Å². The third-order valence-corrected chi connectivity index (χ3v) is 3.57. The summed E-state index contributed by atoms with van der Waals surface area (Å²) in [6, 6.07) is 4.89. The molecule has 0 spiro atoms. The van der Waals surface area contributed by atoms with Crippen LogP contribution in [0.25, 0.3) is 0 Å². The topological polar surface area (TPSA) is 104 Å². The van der Waals surface area contributed by atoms with E-state index >= 15 is 0 Å². The Bertz CT molecular complexity index is 889. The highest BCUT2D eigenvalue weighted by Crippen LogP contribution is 2.37. The zero-order chi connectivity index (χ0) is 20.5. The quantitative estimate of drug-likeness (QED) is 0.459. The molecule has 3 heterocycles. The summed E-state index contributed by atoms with van der Waals surface area (Å²) in [5.74, 6) is 2.19. The number of hydrogen-bond donors (Lipinski definition) is 1. The largest absolute Gasteiger partial charge is 0.493 e. The van der Waals surface area contributed by atoms with E-state index in [9.17, 15) is 0 Å². The van der Waals surface area contributed by atoms with Crippen LogP contribution in [0.5, 0.6) is 17.4 Å². The second-order valence-electron chi connectivity index (χ2n) is 4.74. The van der Waals surface area contributed by atoms with Crippen molar-refractivity contribution in [3.63, 3.8) is 0 Å². The van der Waals surface area contributed by atoms with Crippen LogP contribution in [0, 0.1) is 0 Å². The van der Waals surface area contributed by atoms with Gasteiger partial charge in [-0.2, -0.15) is 4.98 Å². The third kappa shape index (κ3) is 6.22. The lowest BCUT2D eigenvalue weighted by molar-refractivity contribution is 0.316. The van der Waals surface area contributed by atoms with Gasteiger partial charge >= 0.3 is 0 Å². The molecule has 28 heavy (non-hydrogen) atoms. The first-order chi connectivity index (χ1) is 13.5. The maximum absolute atomic E-state index is 5.72. The molecule has 0 atom stereocenters. The van der Waals surface area contributed by atoms with E-state index in [0.717, 1.165) is 0 Å². The number of nitrogens with one attached hydrogen (secondary N) is 1. The van der Waals surface area contributed by atoms with Gasteiger partial charge in [-0.15, -0.1) is 0 Å². The molecule has 12 heteroatoms. The lowest BCUT2D eigenvalue weighted by atomic mass is 10.3. The van der Waals surface area contributed by atoms with Gasteiger partial charge in [-0.1, -0.05) is 11.6 Å². The Labute approximate surface area is 176 Å². The van der Waals surface area contributed by atoms with Crippen molar-refractivity contribution >= 4 is 46.4 Å². The molecule has 0 saturated carbocycles. The van der Waals surface area contributed by atoms with E-state index < -0.39 is 0 Å². The van der Waals surface area contributed by atoms with Crippen molar-refractivity contribution in [2.24, 2.45) is 0 Å². The van der Waals surface area contributed by atoms with Crippen LogP contribution in [0.15, 0.2) is 30.6 Å². The molecule has 0 aliphatic carbocycles. The van der Waals surface area contributed by atoms with Crippen molar-refractivity contribution in [1.82, 2.24) is 24.9 Å². The van der Waals surface area contributed by atoms with E-state index in [0.29, 0.717) is 34.2 Å². The summed E-state index contributed by atoms with van der Waals surface area (Å²) in [6.07, 6.45) is 3.04. The molecular weight excluding hydrogens is 431 g/mol. The highest BCUT2D eigenvalue weighted by Gasteiger charge is 2.15. The van der Waals surface area contributed by atoms with Crippen LogP contribution in [-0.4, -0.2) is 46.2 Å². The SMILES string of the molecule is COc1cc(Nc2ccnc(Cl)n2)nc(OC)c1OC.Clc1ccnc(Cl)n1. The Kier molecular flexibility index (Phi) is 8.24. The van der Waals surface area contributed by atoms with E-state index in [1.807, 2.05) is 0 Å². The van der Waals surface area contributed by atoms with Crippen molar-refractivity contribution in [1.29, 1.82) is 0 Å². The second kappa shape index (κ2) is 10.6. The summed E-state index contributed by atoms with van der Waals surface area (Å²) >= 11 is 16.5. The van der Waals surface area contributed by atoms with Crippen LogP contribution in [0.3, 0.4) is 0 Å². The van der Waals surface area contributed by atoms with Crippen LogP contribution in [0.1, 0.15) is 0 Å². The van der Waals surface area contributed by atoms with Crippen molar-refractivity contribution in [2.45, 2.75) is 0 Å². The molecule has 3 aromatic rings. The molecule has 0 aliphatic heterocycles. The first-order valence-electron chi connectivity index (χ1n) is 7.53. The van der Waals surface area contributed by atoms with Crippen LogP contribution >= 0.6 is 34.8 Å². The van der Waals surface area contributed by atoms with Gasteiger partial charge in [0, 0.05) is 18.5 Å². The molecule has 3 rings (SSSR count). The number of aromatic nitrogens is 5. The Morgan fingerprint density at radius 1 is 0.786 bits per heavy atom. The Morgan fingerprint density at radius 3 is 1.96 bits per heavy atom. The van der Waals surface area contributed by atoms with Crippen molar-refractivity contribution < 1.29 is 14.2 Å². The smallest absolute Gasteiger partial charge is 0.262 e. The van der Waals surface area contributed by atoms with Gasteiger partial charge in [0.2, 0.25) is 16.3 Å². The van der Waals surface area contributed by atoms with Gasteiger partial charge < -0.3 is 19.5 Å². The molecule has 0 amide bonds. The standard InChI is InChI=1S/C12H13ClN4O3.C4H2Cl2N2/c1-18-7-6-9(16-11(20-3)10(7)19-2)15-8-4-5-14-12(13)17-8;5-3-1-2-7-4(6)8-3/h4-6H,1-3H3,(H,14,15,16,17);1-2H. The zero-order valence-electron chi connectivity index (χ0n) is 15.0. The average molecular weight is 446 g/mol.